The largest absolute Gasteiger partial charge is 0.396 e. The van der Waals surface area contributed by atoms with Gasteiger partial charge in [-0.25, -0.2) is 0 Å². The van der Waals surface area contributed by atoms with Gasteiger partial charge in [-0.3, -0.25) is 0 Å². The van der Waals surface area contributed by atoms with Gasteiger partial charge in [-0.15, -0.1) is 0 Å². The third-order valence-electron chi connectivity index (χ3n) is 4.25. The number of aliphatic hydroxyl groups excluding tert-OH is 1. The first-order valence-corrected chi connectivity index (χ1v) is 7.24. The maximum Gasteiger partial charge on any atom is 0.0951 e. The number of aliphatic hydroxyl groups is 1. The fourth-order valence-electron chi connectivity index (χ4n) is 3.08. The molecule has 0 aromatic rings. The van der Waals surface area contributed by atoms with E-state index in [1.807, 2.05) is 0 Å². The van der Waals surface area contributed by atoms with Crippen LogP contribution >= 0.6 is 0 Å². The van der Waals surface area contributed by atoms with Gasteiger partial charge in [-0.2, -0.15) is 0 Å². The van der Waals surface area contributed by atoms with Crippen LogP contribution < -0.4 is 5.32 Å². The number of hydrogen-bond acceptors (Lipinski definition) is 4. The van der Waals surface area contributed by atoms with Crippen LogP contribution in [0, 0.1) is 5.92 Å². The zero-order valence-electron chi connectivity index (χ0n) is 11.7. The lowest BCUT2D eigenvalue weighted by Gasteiger charge is -2.39. The summed E-state index contributed by atoms with van der Waals surface area (Å²) in [6.45, 7) is 7.08. The molecule has 0 aromatic heterocycles. The Morgan fingerprint density at radius 2 is 2.22 bits per heavy atom. The van der Waals surface area contributed by atoms with E-state index in [4.69, 9.17) is 14.6 Å². The first-order valence-electron chi connectivity index (χ1n) is 7.24. The van der Waals surface area contributed by atoms with Gasteiger partial charge < -0.3 is 19.9 Å². The molecular weight excluding hydrogens is 230 g/mol. The number of nitrogens with one attached hydrogen (secondary N) is 1. The minimum atomic E-state index is -0.0311. The predicted octanol–water partition coefficient (Wildman–Crippen LogP) is 1.32. The highest BCUT2D eigenvalue weighted by Crippen LogP contribution is 2.33. The Kier molecular flexibility index (Phi) is 5.01. The van der Waals surface area contributed by atoms with E-state index < -0.39 is 0 Å². The van der Waals surface area contributed by atoms with E-state index in [1.165, 1.54) is 0 Å². The summed E-state index contributed by atoms with van der Waals surface area (Å²) >= 11 is 0. The second-order valence-electron chi connectivity index (χ2n) is 6.05. The molecule has 2 heterocycles. The monoisotopic (exact) mass is 257 g/mol. The highest BCUT2D eigenvalue weighted by molar-refractivity contribution is 4.93. The van der Waals surface area contributed by atoms with Crippen molar-refractivity contribution in [3.05, 3.63) is 0 Å². The van der Waals surface area contributed by atoms with Crippen molar-refractivity contribution < 1.29 is 14.6 Å². The van der Waals surface area contributed by atoms with E-state index in [9.17, 15) is 0 Å². The third kappa shape index (κ3) is 3.44. The van der Waals surface area contributed by atoms with Crippen molar-refractivity contribution in [1.82, 2.24) is 5.32 Å². The maximum absolute atomic E-state index is 9.14. The molecule has 0 saturated carbocycles. The summed E-state index contributed by atoms with van der Waals surface area (Å²) in [7, 11) is 0. The normalized spacial score (nSPS) is 34.3. The van der Waals surface area contributed by atoms with Gasteiger partial charge >= 0.3 is 0 Å². The fourth-order valence-corrected chi connectivity index (χ4v) is 3.08. The first-order chi connectivity index (χ1) is 8.65. The summed E-state index contributed by atoms with van der Waals surface area (Å²) in [5.41, 5.74) is -0.0311. The van der Waals surface area contributed by atoms with Gasteiger partial charge in [-0.1, -0.05) is 13.8 Å². The maximum atomic E-state index is 9.14. The Morgan fingerprint density at radius 3 is 2.83 bits per heavy atom. The third-order valence-corrected chi connectivity index (χ3v) is 4.25. The smallest absolute Gasteiger partial charge is 0.0951 e. The topological polar surface area (TPSA) is 50.7 Å². The van der Waals surface area contributed by atoms with Gasteiger partial charge in [0.2, 0.25) is 0 Å². The Balaban J connectivity index is 1.88. The minimum absolute atomic E-state index is 0.0311. The first kappa shape index (κ1) is 14.3. The molecule has 2 fully saturated rings. The number of rotatable bonds is 5. The second kappa shape index (κ2) is 6.33. The van der Waals surface area contributed by atoms with Gasteiger partial charge in [0.1, 0.15) is 0 Å². The minimum Gasteiger partial charge on any atom is -0.396 e. The molecule has 0 radical (unpaired) electrons. The summed E-state index contributed by atoms with van der Waals surface area (Å²) in [4.78, 5) is 0. The van der Waals surface area contributed by atoms with Crippen LogP contribution in [0.1, 0.15) is 39.5 Å². The van der Waals surface area contributed by atoms with Crippen LogP contribution in [0.4, 0.5) is 0 Å². The second-order valence-corrected chi connectivity index (χ2v) is 6.05. The molecule has 4 nitrogen and oxygen atoms in total. The van der Waals surface area contributed by atoms with Crippen LogP contribution in [0.3, 0.4) is 0 Å². The lowest BCUT2D eigenvalue weighted by Crippen LogP contribution is -2.51. The zero-order chi connectivity index (χ0) is 13.0. The van der Waals surface area contributed by atoms with E-state index >= 15 is 0 Å². The van der Waals surface area contributed by atoms with E-state index in [2.05, 4.69) is 19.2 Å². The highest BCUT2D eigenvalue weighted by atomic mass is 16.6. The average Bonchev–Trinajstić information content (AvgIpc) is 2.77. The highest BCUT2D eigenvalue weighted by Gasteiger charge is 2.41. The Bertz CT molecular complexity index is 251. The van der Waals surface area contributed by atoms with E-state index in [0.29, 0.717) is 18.0 Å². The van der Waals surface area contributed by atoms with Gasteiger partial charge in [-0.05, 0) is 25.2 Å². The number of ether oxygens (including phenoxy) is 2. The standard InChI is InChI=1S/C14H27NO3/c1-11(2)13(3-6-16)15-12-4-7-18-14(9-12)5-8-17-10-14/h11-13,15-16H,3-10H2,1-2H3. The molecule has 0 aliphatic carbocycles. The van der Waals surface area contributed by atoms with Crippen LogP contribution in [0.15, 0.2) is 0 Å². The molecule has 2 aliphatic rings. The Hall–Kier alpha value is -0.160. The van der Waals surface area contributed by atoms with Gasteiger partial charge in [0.25, 0.3) is 0 Å². The van der Waals surface area contributed by atoms with Crippen molar-refractivity contribution >= 4 is 0 Å². The van der Waals surface area contributed by atoms with Gasteiger partial charge in [0, 0.05) is 38.3 Å². The quantitative estimate of drug-likeness (QED) is 0.780. The SMILES string of the molecule is CC(C)C(CCO)NC1CCOC2(CCOC2)C1. The lowest BCUT2D eigenvalue weighted by atomic mass is 9.88. The summed E-state index contributed by atoms with van der Waals surface area (Å²) in [6.07, 6.45) is 3.97. The zero-order valence-corrected chi connectivity index (χ0v) is 11.7. The lowest BCUT2D eigenvalue weighted by molar-refractivity contribution is -0.0910. The van der Waals surface area contributed by atoms with Gasteiger partial charge in [0.05, 0.1) is 12.2 Å². The van der Waals surface area contributed by atoms with Crippen LogP contribution in [0.2, 0.25) is 0 Å². The van der Waals surface area contributed by atoms with Crippen molar-refractivity contribution in [3.63, 3.8) is 0 Å². The molecule has 4 heteroatoms. The Labute approximate surface area is 110 Å². The van der Waals surface area contributed by atoms with Gasteiger partial charge in [0.15, 0.2) is 0 Å². The summed E-state index contributed by atoms with van der Waals surface area (Å²) in [5.74, 6) is 0.552. The molecule has 0 amide bonds. The van der Waals surface area contributed by atoms with E-state index in [0.717, 1.165) is 45.5 Å². The van der Waals surface area contributed by atoms with Crippen molar-refractivity contribution in [3.8, 4) is 0 Å². The molecule has 2 rings (SSSR count). The molecule has 0 bridgehead atoms. The molecule has 18 heavy (non-hydrogen) atoms. The van der Waals surface area contributed by atoms with E-state index in [1.54, 1.807) is 0 Å². The molecule has 0 aromatic carbocycles. The fraction of sp³-hybridized carbons (Fsp3) is 1.00. The molecule has 3 unspecified atom stereocenters. The number of hydrogen-bond donors (Lipinski definition) is 2. The average molecular weight is 257 g/mol. The van der Waals surface area contributed by atoms with Crippen LogP contribution in [0.5, 0.6) is 0 Å². The molecular formula is C14H27NO3. The summed E-state index contributed by atoms with van der Waals surface area (Å²) < 4.78 is 11.4. The van der Waals surface area contributed by atoms with Crippen molar-refractivity contribution in [1.29, 1.82) is 0 Å². The molecule has 2 N–H and O–H groups in total. The molecule has 2 aliphatic heterocycles. The van der Waals surface area contributed by atoms with Crippen LogP contribution in [-0.2, 0) is 9.47 Å². The van der Waals surface area contributed by atoms with Crippen LogP contribution in [0.25, 0.3) is 0 Å². The van der Waals surface area contributed by atoms with Crippen molar-refractivity contribution in [2.24, 2.45) is 5.92 Å². The summed E-state index contributed by atoms with van der Waals surface area (Å²) in [5, 5.41) is 12.8. The molecule has 106 valence electrons. The van der Waals surface area contributed by atoms with Crippen molar-refractivity contribution in [2.75, 3.05) is 26.4 Å². The molecule has 2 saturated heterocycles. The molecule has 1 spiro atoms. The van der Waals surface area contributed by atoms with E-state index in [-0.39, 0.29) is 12.2 Å². The summed E-state index contributed by atoms with van der Waals surface area (Å²) in [6, 6.07) is 0.900. The predicted molar refractivity (Wildman–Crippen MR) is 70.6 cm³/mol. The molecule has 3 atom stereocenters. The van der Waals surface area contributed by atoms with Crippen molar-refractivity contribution in [2.45, 2.75) is 57.2 Å². The Morgan fingerprint density at radius 1 is 1.39 bits per heavy atom. The van der Waals surface area contributed by atoms with Crippen LogP contribution in [-0.4, -0.2) is 49.2 Å².